The molecule has 0 amide bonds. The van der Waals surface area contributed by atoms with E-state index < -0.39 is 0 Å². The predicted molar refractivity (Wildman–Crippen MR) is 134 cm³/mol. The van der Waals surface area contributed by atoms with Crippen molar-refractivity contribution in [1.82, 2.24) is 5.32 Å². The van der Waals surface area contributed by atoms with Crippen molar-refractivity contribution in [3.8, 4) is 11.5 Å². The Bertz CT molecular complexity index is 1100. The van der Waals surface area contributed by atoms with Crippen LogP contribution in [0.5, 0.6) is 11.5 Å². The lowest BCUT2D eigenvalue weighted by Crippen LogP contribution is -2.36. The van der Waals surface area contributed by atoms with Crippen molar-refractivity contribution in [2.75, 3.05) is 24.6 Å². The van der Waals surface area contributed by atoms with Crippen molar-refractivity contribution in [2.24, 2.45) is 0 Å². The van der Waals surface area contributed by atoms with E-state index in [0.717, 1.165) is 56.0 Å². The minimum atomic E-state index is -0.224. The van der Waals surface area contributed by atoms with Crippen molar-refractivity contribution < 1.29 is 14.2 Å². The van der Waals surface area contributed by atoms with Crippen LogP contribution in [0.4, 0.5) is 10.1 Å². The first-order valence-electron chi connectivity index (χ1n) is 12.4. The number of anilines is 1. The lowest BCUT2D eigenvalue weighted by atomic mass is 9.88. The van der Waals surface area contributed by atoms with Gasteiger partial charge in [-0.1, -0.05) is 30.7 Å². The smallest absolute Gasteiger partial charge is 0.125 e. The molecule has 178 valence electrons. The van der Waals surface area contributed by atoms with Crippen LogP contribution in [0.15, 0.2) is 66.7 Å². The number of phenolic OH excluding ortho intramolecular Hbond substituents is 1. The number of fused-ring (bicyclic) bond motifs is 1. The molecule has 0 radical (unpaired) electrons. The van der Waals surface area contributed by atoms with Crippen molar-refractivity contribution >= 4 is 5.69 Å². The normalized spacial score (nSPS) is 20.1. The summed E-state index contributed by atoms with van der Waals surface area (Å²) in [5, 5.41) is 13.6. The molecule has 1 fully saturated rings. The van der Waals surface area contributed by atoms with Gasteiger partial charge in [0.2, 0.25) is 0 Å². The molecule has 2 heterocycles. The van der Waals surface area contributed by atoms with E-state index in [1.54, 1.807) is 18.2 Å². The number of hydrogen-bond acceptors (Lipinski definition) is 4. The first kappa shape index (κ1) is 22.7. The summed E-state index contributed by atoms with van der Waals surface area (Å²) in [5.74, 6) is 0.967. The Morgan fingerprint density at radius 2 is 1.91 bits per heavy atom. The molecule has 2 atom stereocenters. The molecule has 3 aromatic carbocycles. The predicted octanol–water partition coefficient (Wildman–Crippen LogP) is 5.79. The molecule has 4 nitrogen and oxygen atoms in total. The fraction of sp³-hybridized carbons (Fsp3) is 0.379. The number of aromatic hydroxyl groups is 1. The molecule has 2 N–H and O–H groups in total. The lowest BCUT2D eigenvalue weighted by Gasteiger charge is -2.39. The van der Waals surface area contributed by atoms with Crippen LogP contribution in [0.3, 0.4) is 0 Å². The Morgan fingerprint density at radius 3 is 2.71 bits per heavy atom. The van der Waals surface area contributed by atoms with Crippen LogP contribution in [-0.4, -0.2) is 30.8 Å². The van der Waals surface area contributed by atoms with Crippen LogP contribution in [0.25, 0.3) is 0 Å². The van der Waals surface area contributed by atoms with Crippen LogP contribution >= 0.6 is 0 Å². The molecule has 2 unspecified atom stereocenters. The highest BCUT2D eigenvalue weighted by Crippen LogP contribution is 2.37. The van der Waals surface area contributed by atoms with Gasteiger partial charge in [-0.3, -0.25) is 0 Å². The highest BCUT2D eigenvalue weighted by molar-refractivity contribution is 5.54. The van der Waals surface area contributed by atoms with E-state index in [1.807, 2.05) is 18.2 Å². The molecular weight excluding hydrogens is 427 g/mol. The Kier molecular flexibility index (Phi) is 7.00. The van der Waals surface area contributed by atoms with Gasteiger partial charge >= 0.3 is 0 Å². The topological polar surface area (TPSA) is 44.7 Å². The molecule has 2 aliphatic rings. The van der Waals surface area contributed by atoms with E-state index >= 15 is 0 Å². The molecule has 0 aromatic heterocycles. The first-order chi connectivity index (χ1) is 16.7. The molecule has 0 aliphatic carbocycles. The van der Waals surface area contributed by atoms with E-state index in [4.69, 9.17) is 4.74 Å². The van der Waals surface area contributed by atoms with Gasteiger partial charge in [-0.25, -0.2) is 4.39 Å². The fourth-order valence-electron chi connectivity index (χ4n) is 5.32. The zero-order valence-electron chi connectivity index (χ0n) is 19.6. The third kappa shape index (κ3) is 5.36. The average Bonchev–Trinajstić information content (AvgIpc) is 2.86. The van der Waals surface area contributed by atoms with Crippen LogP contribution in [-0.2, 0) is 12.8 Å². The zero-order chi connectivity index (χ0) is 23.3. The number of halogens is 1. The standard InChI is InChI=1S/C29H33FN2O2/c30-23-4-3-6-25(20-23)32-16-13-22-19-26(33)9-12-28(22)29(32)18-21-7-10-27(11-8-21)34-17-14-24-5-1-2-15-31-24/h3-4,6-12,19-20,24,29,31,33H,1-2,5,13-18H2. The molecule has 3 aromatic rings. The maximum absolute atomic E-state index is 14.0. The third-order valence-corrected chi connectivity index (χ3v) is 7.12. The van der Waals surface area contributed by atoms with Crippen LogP contribution in [0.2, 0.25) is 0 Å². The Balaban J connectivity index is 1.30. The van der Waals surface area contributed by atoms with Crippen LogP contribution < -0.4 is 15.0 Å². The van der Waals surface area contributed by atoms with Gasteiger partial charge in [-0.05, 0) is 97.8 Å². The number of ether oxygens (including phenoxy) is 1. The summed E-state index contributed by atoms with van der Waals surface area (Å²) in [6.45, 7) is 2.63. The van der Waals surface area contributed by atoms with Gasteiger partial charge in [0.25, 0.3) is 0 Å². The monoisotopic (exact) mass is 460 g/mol. The van der Waals surface area contributed by atoms with Gasteiger partial charge in [0.05, 0.1) is 12.6 Å². The molecule has 34 heavy (non-hydrogen) atoms. The Morgan fingerprint density at radius 1 is 1.03 bits per heavy atom. The summed E-state index contributed by atoms with van der Waals surface area (Å²) < 4.78 is 20.0. The number of nitrogens with zero attached hydrogens (tertiary/aromatic N) is 1. The minimum absolute atomic E-state index is 0.0651. The zero-order valence-corrected chi connectivity index (χ0v) is 19.6. The number of hydrogen-bond donors (Lipinski definition) is 2. The van der Waals surface area contributed by atoms with E-state index in [2.05, 4.69) is 34.5 Å². The van der Waals surface area contributed by atoms with E-state index in [-0.39, 0.29) is 11.9 Å². The molecule has 5 rings (SSSR count). The second-order valence-electron chi connectivity index (χ2n) is 9.45. The molecule has 0 bridgehead atoms. The molecule has 2 aliphatic heterocycles. The molecule has 0 saturated carbocycles. The van der Waals surface area contributed by atoms with Gasteiger partial charge in [0.15, 0.2) is 0 Å². The fourth-order valence-corrected chi connectivity index (χ4v) is 5.32. The van der Waals surface area contributed by atoms with Crippen LogP contribution in [0.1, 0.15) is 48.4 Å². The van der Waals surface area contributed by atoms with Crippen molar-refractivity contribution in [2.45, 2.75) is 50.6 Å². The average molecular weight is 461 g/mol. The molecular formula is C29H33FN2O2. The van der Waals surface area contributed by atoms with E-state index in [9.17, 15) is 9.50 Å². The first-order valence-corrected chi connectivity index (χ1v) is 12.4. The van der Waals surface area contributed by atoms with Gasteiger partial charge in [-0.2, -0.15) is 0 Å². The maximum atomic E-state index is 14.0. The van der Waals surface area contributed by atoms with Gasteiger partial charge < -0.3 is 20.1 Å². The summed E-state index contributed by atoms with van der Waals surface area (Å²) in [4.78, 5) is 2.28. The lowest BCUT2D eigenvalue weighted by molar-refractivity contribution is 0.268. The van der Waals surface area contributed by atoms with E-state index in [1.165, 1.54) is 36.5 Å². The Labute approximate surface area is 201 Å². The second-order valence-corrected chi connectivity index (χ2v) is 9.45. The van der Waals surface area contributed by atoms with Crippen LogP contribution in [0, 0.1) is 5.82 Å². The van der Waals surface area contributed by atoms with Crippen molar-refractivity contribution in [3.63, 3.8) is 0 Å². The summed E-state index contributed by atoms with van der Waals surface area (Å²) in [6.07, 6.45) is 6.48. The largest absolute Gasteiger partial charge is 0.508 e. The number of nitrogens with one attached hydrogen (secondary N) is 1. The second kappa shape index (κ2) is 10.5. The number of piperidine rings is 1. The number of rotatable bonds is 7. The molecule has 5 heteroatoms. The summed E-state index contributed by atoms with van der Waals surface area (Å²) >= 11 is 0. The highest BCUT2D eigenvalue weighted by Gasteiger charge is 2.28. The SMILES string of the molecule is Oc1ccc2c(c1)CCN(c1cccc(F)c1)C2Cc1ccc(OCCC2CCCCN2)cc1. The summed E-state index contributed by atoms with van der Waals surface area (Å²) in [7, 11) is 0. The highest BCUT2D eigenvalue weighted by atomic mass is 19.1. The molecule has 0 spiro atoms. The van der Waals surface area contributed by atoms with Gasteiger partial charge in [-0.15, -0.1) is 0 Å². The third-order valence-electron chi connectivity index (χ3n) is 7.12. The van der Waals surface area contributed by atoms with Gasteiger partial charge in [0, 0.05) is 18.3 Å². The summed E-state index contributed by atoms with van der Waals surface area (Å²) in [6, 6.07) is 21.5. The quantitative estimate of drug-likeness (QED) is 0.469. The Hall–Kier alpha value is -3.05. The number of benzene rings is 3. The van der Waals surface area contributed by atoms with Crippen molar-refractivity contribution in [1.29, 1.82) is 0 Å². The van der Waals surface area contributed by atoms with E-state index in [0.29, 0.717) is 11.8 Å². The minimum Gasteiger partial charge on any atom is -0.508 e. The number of phenols is 1. The van der Waals surface area contributed by atoms with Crippen molar-refractivity contribution in [3.05, 3.63) is 89.2 Å². The maximum Gasteiger partial charge on any atom is 0.125 e. The van der Waals surface area contributed by atoms with Gasteiger partial charge in [0.1, 0.15) is 17.3 Å². The summed E-state index contributed by atoms with van der Waals surface area (Å²) in [5.41, 5.74) is 4.44. The molecule has 1 saturated heterocycles.